The number of nitrogens with one attached hydrogen (secondary N) is 2. The fraction of sp³-hybridized carbons (Fsp3) is 0.318. The van der Waals surface area contributed by atoms with Gasteiger partial charge in [-0.1, -0.05) is 29.8 Å². The summed E-state index contributed by atoms with van der Waals surface area (Å²) in [5.74, 6) is -0.723. The minimum atomic E-state index is -0.778. The van der Waals surface area contributed by atoms with E-state index in [9.17, 15) is 14.4 Å². The number of hydrogen-bond acceptors (Lipinski definition) is 4. The minimum Gasteiger partial charge on any atom is -0.348 e. The number of carbonyl (C=O) groups excluding carboxylic acids is 3. The summed E-state index contributed by atoms with van der Waals surface area (Å²) in [6, 6.07) is 12.3. The molecule has 0 fully saturated rings. The van der Waals surface area contributed by atoms with Crippen LogP contribution in [0.2, 0.25) is 0 Å². The summed E-state index contributed by atoms with van der Waals surface area (Å²) >= 11 is 0. The van der Waals surface area contributed by atoms with E-state index in [0.29, 0.717) is 11.4 Å². The third-order valence-corrected chi connectivity index (χ3v) is 4.99. The van der Waals surface area contributed by atoms with Crippen LogP contribution in [0.15, 0.2) is 42.5 Å². The highest BCUT2D eigenvalue weighted by Crippen LogP contribution is 2.33. The molecule has 0 aliphatic carbocycles. The standard InChI is InChI=1S/C22H26N4O3/c1-14-9-10-16(15(2)11-14)23-20(27)12-19-22(29)24-17-7-5-6-8-18(17)26(19)13-21(28)25(3)4/h5-11,19H,12-13H2,1-4H3,(H,23,27)(H,24,29)/t19-/m1/s1. The number of amides is 3. The van der Waals surface area contributed by atoms with Crippen molar-refractivity contribution >= 4 is 34.8 Å². The molecular formula is C22H26N4O3. The maximum atomic E-state index is 12.8. The van der Waals surface area contributed by atoms with Gasteiger partial charge in [-0.2, -0.15) is 0 Å². The molecule has 152 valence electrons. The van der Waals surface area contributed by atoms with Gasteiger partial charge in [0.25, 0.3) is 0 Å². The van der Waals surface area contributed by atoms with Gasteiger partial charge in [-0.15, -0.1) is 0 Å². The molecule has 0 spiro atoms. The van der Waals surface area contributed by atoms with Crippen molar-refractivity contribution < 1.29 is 14.4 Å². The summed E-state index contributed by atoms with van der Waals surface area (Å²) < 4.78 is 0. The molecule has 3 amide bonds. The Morgan fingerprint density at radius 3 is 2.55 bits per heavy atom. The number of fused-ring (bicyclic) bond motifs is 1. The number of rotatable bonds is 5. The Labute approximate surface area is 170 Å². The maximum Gasteiger partial charge on any atom is 0.247 e. The number of anilines is 3. The molecule has 2 aromatic carbocycles. The fourth-order valence-corrected chi connectivity index (χ4v) is 3.37. The maximum absolute atomic E-state index is 12.8. The van der Waals surface area contributed by atoms with Crippen molar-refractivity contribution in [2.75, 3.05) is 36.2 Å². The lowest BCUT2D eigenvalue weighted by molar-refractivity contribution is -0.128. The van der Waals surface area contributed by atoms with Gasteiger partial charge in [0.15, 0.2) is 0 Å². The largest absolute Gasteiger partial charge is 0.348 e. The van der Waals surface area contributed by atoms with Crippen LogP contribution >= 0.6 is 0 Å². The lowest BCUT2D eigenvalue weighted by Gasteiger charge is -2.37. The summed E-state index contributed by atoms with van der Waals surface area (Å²) in [6.45, 7) is 3.93. The molecule has 0 aromatic heterocycles. The van der Waals surface area contributed by atoms with Crippen molar-refractivity contribution in [1.82, 2.24) is 4.90 Å². The van der Waals surface area contributed by atoms with Crippen LogP contribution in [-0.2, 0) is 14.4 Å². The minimum absolute atomic E-state index is 0.0128. The second-order valence-electron chi connectivity index (χ2n) is 7.51. The van der Waals surface area contributed by atoms with Gasteiger partial charge in [0.1, 0.15) is 6.04 Å². The van der Waals surface area contributed by atoms with E-state index < -0.39 is 6.04 Å². The van der Waals surface area contributed by atoms with Crippen molar-refractivity contribution in [2.24, 2.45) is 0 Å². The Balaban J connectivity index is 1.83. The Kier molecular flexibility index (Phi) is 5.87. The molecular weight excluding hydrogens is 368 g/mol. The highest BCUT2D eigenvalue weighted by molar-refractivity contribution is 6.07. The first-order valence-corrected chi connectivity index (χ1v) is 9.50. The molecule has 1 aliphatic heterocycles. The molecule has 2 aromatic rings. The second kappa shape index (κ2) is 8.34. The van der Waals surface area contributed by atoms with E-state index in [0.717, 1.165) is 16.8 Å². The first-order valence-electron chi connectivity index (χ1n) is 9.50. The van der Waals surface area contributed by atoms with E-state index in [1.54, 1.807) is 25.1 Å². The van der Waals surface area contributed by atoms with Crippen LogP contribution in [-0.4, -0.2) is 49.3 Å². The molecule has 1 atom stereocenters. The highest BCUT2D eigenvalue weighted by Gasteiger charge is 2.35. The number of carbonyl (C=O) groups is 3. The predicted molar refractivity (Wildman–Crippen MR) is 114 cm³/mol. The molecule has 0 saturated carbocycles. The average Bonchev–Trinajstić information content (AvgIpc) is 2.66. The van der Waals surface area contributed by atoms with E-state index in [-0.39, 0.29) is 30.7 Å². The van der Waals surface area contributed by atoms with Crippen LogP contribution in [0.25, 0.3) is 0 Å². The zero-order chi connectivity index (χ0) is 21.1. The smallest absolute Gasteiger partial charge is 0.247 e. The van der Waals surface area contributed by atoms with Crippen LogP contribution in [0.3, 0.4) is 0 Å². The number of hydrogen-bond donors (Lipinski definition) is 2. The van der Waals surface area contributed by atoms with Gasteiger partial charge < -0.3 is 20.4 Å². The molecule has 1 aliphatic rings. The summed E-state index contributed by atoms with van der Waals surface area (Å²) in [5, 5.41) is 5.73. The molecule has 2 N–H and O–H groups in total. The van der Waals surface area contributed by atoms with Gasteiger partial charge in [0.2, 0.25) is 17.7 Å². The third kappa shape index (κ3) is 4.56. The molecule has 7 nitrogen and oxygen atoms in total. The SMILES string of the molecule is Cc1ccc(NC(=O)C[C@@H]2C(=O)Nc3ccccc3N2CC(=O)N(C)C)c(C)c1. The molecule has 3 rings (SSSR count). The van der Waals surface area contributed by atoms with Gasteiger partial charge in [-0.25, -0.2) is 0 Å². The van der Waals surface area contributed by atoms with Crippen molar-refractivity contribution in [2.45, 2.75) is 26.3 Å². The monoisotopic (exact) mass is 394 g/mol. The number of likely N-dealkylation sites (N-methyl/N-ethyl adjacent to an activating group) is 1. The van der Waals surface area contributed by atoms with Crippen molar-refractivity contribution in [3.8, 4) is 0 Å². The summed E-state index contributed by atoms with van der Waals surface area (Å²) in [6.07, 6.45) is -0.0613. The fourth-order valence-electron chi connectivity index (χ4n) is 3.37. The van der Waals surface area contributed by atoms with Crippen LogP contribution < -0.4 is 15.5 Å². The van der Waals surface area contributed by atoms with Gasteiger partial charge in [-0.05, 0) is 37.6 Å². The van der Waals surface area contributed by atoms with Crippen molar-refractivity contribution in [3.63, 3.8) is 0 Å². The van der Waals surface area contributed by atoms with Crippen LogP contribution in [0.1, 0.15) is 17.5 Å². The Bertz CT molecular complexity index is 955. The van der Waals surface area contributed by atoms with Crippen molar-refractivity contribution in [3.05, 3.63) is 53.6 Å². The topological polar surface area (TPSA) is 81.8 Å². The zero-order valence-corrected chi connectivity index (χ0v) is 17.2. The Hall–Kier alpha value is -3.35. The van der Waals surface area contributed by atoms with E-state index in [2.05, 4.69) is 10.6 Å². The van der Waals surface area contributed by atoms with Gasteiger partial charge in [0, 0.05) is 19.8 Å². The van der Waals surface area contributed by atoms with Gasteiger partial charge in [0.05, 0.1) is 24.3 Å². The Morgan fingerprint density at radius 2 is 1.86 bits per heavy atom. The third-order valence-electron chi connectivity index (χ3n) is 4.99. The zero-order valence-electron chi connectivity index (χ0n) is 17.2. The molecule has 7 heteroatoms. The van der Waals surface area contributed by atoms with Crippen LogP contribution in [0.4, 0.5) is 17.1 Å². The summed E-state index contributed by atoms with van der Waals surface area (Å²) in [5.41, 5.74) is 4.14. The molecule has 1 heterocycles. The van der Waals surface area contributed by atoms with Gasteiger partial charge >= 0.3 is 0 Å². The van der Waals surface area contributed by atoms with E-state index >= 15 is 0 Å². The highest BCUT2D eigenvalue weighted by atomic mass is 16.2. The Morgan fingerprint density at radius 1 is 1.14 bits per heavy atom. The van der Waals surface area contributed by atoms with Crippen LogP contribution in [0, 0.1) is 13.8 Å². The van der Waals surface area contributed by atoms with Crippen molar-refractivity contribution in [1.29, 1.82) is 0 Å². The lowest BCUT2D eigenvalue weighted by Crippen LogP contribution is -2.52. The number of para-hydroxylation sites is 2. The number of nitrogens with zero attached hydrogens (tertiary/aromatic N) is 2. The summed E-state index contributed by atoms with van der Waals surface area (Å²) in [4.78, 5) is 41.0. The van der Waals surface area contributed by atoms with Gasteiger partial charge in [-0.3, -0.25) is 14.4 Å². The first kappa shape index (κ1) is 20.4. The van der Waals surface area contributed by atoms with E-state index in [1.165, 1.54) is 4.90 Å². The van der Waals surface area contributed by atoms with Crippen LogP contribution in [0.5, 0.6) is 0 Å². The molecule has 0 saturated heterocycles. The average molecular weight is 394 g/mol. The lowest BCUT2D eigenvalue weighted by atomic mass is 10.0. The number of benzene rings is 2. The predicted octanol–water partition coefficient (Wildman–Crippen LogP) is 2.55. The molecule has 29 heavy (non-hydrogen) atoms. The molecule has 0 unspecified atom stereocenters. The normalized spacial score (nSPS) is 15.4. The first-order chi connectivity index (χ1) is 13.8. The second-order valence-corrected chi connectivity index (χ2v) is 7.51. The number of aryl methyl sites for hydroxylation is 2. The molecule has 0 radical (unpaired) electrons. The van der Waals surface area contributed by atoms with E-state index in [4.69, 9.17) is 0 Å². The van der Waals surface area contributed by atoms with E-state index in [1.807, 2.05) is 50.2 Å². The summed E-state index contributed by atoms with van der Waals surface area (Å²) in [7, 11) is 3.33. The quantitative estimate of drug-likeness (QED) is 0.817. The molecule has 0 bridgehead atoms.